The Morgan fingerprint density at radius 2 is 2.28 bits per heavy atom. The van der Waals surface area contributed by atoms with Crippen LogP contribution in [0.4, 0.5) is 10.2 Å². The molecule has 0 aromatic carbocycles. The highest BCUT2D eigenvalue weighted by molar-refractivity contribution is 7.36. The Morgan fingerprint density at radius 3 is 2.94 bits per heavy atom. The fourth-order valence-corrected chi connectivity index (χ4v) is 3.89. The van der Waals surface area contributed by atoms with Gasteiger partial charge in [-0.05, 0) is 25.3 Å². The second-order valence-corrected chi connectivity index (χ2v) is 8.46. The van der Waals surface area contributed by atoms with Gasteiger partial charge in [0.15, 0.2) is 22.6 Å². The highest BCUT2D eigenvalue weighted by atomic mass is 31.1. The molecule has 0 bridgehead atoms. The van der Waals surface area contributed by atoms with Crippen molar-refractivity contribution in [3.05, 3.63) is 12.4 Å². The lowest BCUT2D eigenvalue weighted by atomic mass is 9.99. The summed E-state index contributed by atoms with van der Waals surface area (Å²) in [6.45, 7) is 4.38. The second-order valence-electron chi connectivity index (χ2n) is 7.43. The maximum absolute atomic E-state index is 13.6. The number of halogens is 1. The molecule has 172 valence electrons. The summed E-state index contributed by atoms with van der Waals surface area (Å²) in [4.78, 5) is 23.0. The second kappa shape index (κ2) is 9.40. The maximum atomic E-state index is 13.6. The normalized spacial score (nSPS) is 24.5. The van der Waals surface area contributed by atoms with Crippen molar-refractivity contribution >= 4 is 31.1 Å². The Hall–Kier alpha value is -2.75. The third-order valence-electron chi connectivity index (χ3n) is 4.69. The number of terminal acetylenes is 1. The molecule has 32 heavy (non-hydrogen) atoms. The first-order valence-corrected chi connectivity index (χ1v) is 10.8. The standard InChI is InChI=1S/C18H23FN6O6P/c1-5-18(7-29-32(28)24-10(4)16(27)30-9(2)3)11(26)6-12(31-18)25-8-21-13-14(20)22-17(19)23-15(13)25/h1,8-12,26H,6-7H2,2-4H3,(H,24,28)(H2,20,22,23)/q+1/t10-,11-,12+,18+/m0/s1. The van der Waals surface area contributed by atoms with Crippen molar-refractivity contribution in [1.82, 2.24) is 24.6 Å². The lowest BCUT2D eigenvalue weighted by Crippen LogP contribution is -2.42. The van der Waals surface area contributed by atoms with E-state index >= 15 is 0 Å². The van der Waals surface area contributed by atoms with Crippen LogP contribution >= 0.6 is 8.18 Å². The van der Waals surface area contributed by atoms with Crippen molar-refractivity contribution in [2.45, 2.75) is 57.3 Å². The Balaban J connectivity index is 1.69. The number of hydrogen-bond donors (Lipinski definition) is 3. The van der Waals surface area contributed by atoms with Gasteiger partial charge in [-0.3, -0.25) is 9.36 Å². The molecule has 5 atom stereocenters. The summed E-state index contributed by atoms with van der Waals surface area (Å²) < 4.78 is 43.3. The number of nitrogen functional groups attached to an aromatic ring is 1. The average molecular weight is 469 g/mol. The van der Waals surface area contributed by atoms with Crippen LogP contribution in [0.3, 0.4) is 0 Å². The third-order valence-corrected chi connectivity index (χ3v) is 5.65. The van der Waals surface area contributed by atoms with Gasteiger partial charge in [0.2, 0.25) is 0 Å². The zero-order chi connectivity index (χ0) is 23.6. The third kappa shape index (κ3) is 4.85. The van der Waals surface area contributed by atoms with E-state index < -0.39 is 50.8 Å². The summed E-state index contributed by atoms with van der Waals surface area (Å²) >= 11 is 0. The van der Waals surface area contributed by atoms with Gasteiger partial charge in [-0.1, -0.05) is 11.0 Å². The molecule has 4 N–H and O–H groups in total. The smallest absolute Gasteiger partial charge is 0.462 e. The number of ether oxygens (including phenoxy) is 2. The van der Waals surface area contributed by atoms with E-state index in [2.05, 4.69) is 26.0 Å². The highest BCUT2D eigenvalue weighted by Gasteiger charge is 2.50. The number of esters is 1. The average Bonchev–Trinajstić information content (AvgIpc) is 3.27. The SMILES string of the molecule is C#C[C@]1(CO[P+](=O)N[C@@H](C)C(=O)OC(C)C)O[C@@H](n2cnc3c(N)nc(F)nc32)C[C@@H]1O. The van der Waals surface area contributed by atoms with Crippen LogP contribution in [0.5, 0.6) is 0 Å². The summed E-state index contributed by atoms with van der Waals surface area (Å²) in [5, 5.41) is 13.0. The molecular weight excluding hydrogens is 446 g/mol. The summed E-state index contributed by atoms with van der Waals surface area (Å²) in [7, 11) is -2.54. The van der Waals surface area contributed by atoms with Gasteiger partial charge in [-0.2, -0.15) is 14.4 Å². The van der Waals surface area contributed by atoms with Crippen LogP contribution in [-0.2, 0) is 23.4 Å². The van der Waals surface area contributed by atoms with Gasteiger partial charge in [0.05, 0.1) is 12.4 Å². The van der Waals surface area contributed by atoms with Crippen LogP contribution in [0.25, 0.3) is 11.2 Å². The number of nitrogens with zero attached hydrogens (tertiary/aromatic N) is 4. The van der Waals surface area contributed by atoms with E-state index in [1.165, 1.54) is 17.8 Å². The minimum absolute atomic E-state index is 0.00806. The summed E-state index contributed by atoms with van der Waals surface area (Å²) in [6, 6.07) is -0.901. The Kier molecular flexibility index (Phi) is 7.02. The van der Waals surface area contributed by atoms with E-state index in [0.717, 1.165) is 0 Å². The maximum Gasteiger partial charge on any atom is 0.613 e. The van der Waals surface area contributed by atoms with E-state index in [9.17, 15) is 18.9 Å². The number of nitrogens with two attached hydrogens (primary N) is 1. The summed E-state index contributed by atoms with van der Waals surface area (Å²) in [6.07, 6.45) is 3.42. The minimum atomic E-state index is -2.54. The first-order chi connectivity index (χ1) is 15.1. The topological polar surface area (TPSA) is 164 Å². The number of aromatic nitrogens is 4. The molecular formula is C18H23FN6O6P+. The van der Waals surface area contributed by atoms with Crippen LogP contribution in [-0.4, -0.2) is 61.1 Å². The molecule has 12 nitrogen and oxygen atoms in total. The molecule has 0 amide bonds. The number of hydrogen-bond acceptors (Lipinski definition) is 10. The first-order valence-electron chi connectivity index (χ1n) is 9.62. The Labute approximate surface area is 183 Å². The molecule has 14 heteroatoms. The van der Waals surface area contributed by atoms with Crippen molar-refractivity contribution < 1.29 is 32.9 Å². The van der Waals surface area contributed by atoms with E-state index in [0.29, 0.717) is 0 Å². The van der Waals surface area contributed by atoms with Gasteiger partial charge < -0.3 is 20.3 Å². The van der Waals surface area contributed by atoms with Gasteiger partial charge in [-0.25, -0.2) is 4.98 Å². The Morgan fingerprint density at radius 1 is 1.56 bits per heavy atom. The highest BCUT2D eigenvalue weighted by Crippen LogP contribution is 2.39. The zero-order valence-corrected chi connectivity index (χ0v) is 18.5. The monoisotopic (exact) mass is 469 g/mol. The van der Waals surface area contributed by atoms with Crippen molar-refractivity contribution in [2.75, 3.05) is 12.3 Å². The molecule has 2 aromatic rings. The molecule has 1 saturated heterocycles. The fraction of sp³-hybridized carbons (Fsp3) is 0.556. The van der Waals surface area contributed by atoms with Gasteiger partial charge in [-0.15, -0.1) is 10.9 Å². The number of aliphatic hydroxyl groups excluding tert-OH is 1. The number of carbonyl (C=O) groups is 1. The lowest BCUT2D eigenvalue weighted by Gasteiger charge is -2.23. The van der Waals surface area contributed by atoms with Gasteiger partial charge >= 0.3 is 20.2 Å². The number of fused-ring (bicyclic) bond motifs is 1. The van der Waals surface area contributed by atoms with Crippen molar-refractivity contribution in [3.63, 3.8) is 0 Å². The predicted octanol–water partition coefficient (Wildman–Crippen LogP) is 0.803. The molecule has 1 unspecified atom stereocenters. The van der Waals surface area contributed by atoms with Crippen molar-refractivity contribution in [2.24, 2.45) is 0 Å². The molecule has 0 saturated carbocycles. The minimum Gasteiger partial charge on any atom is -0.462 e. The number of aliphatic hydroxyl groups is 1. The van der Waals surface area contributed by atoms with Gasteiger partial charge in [0.1, 0.15) is 25.0 Å². The number of nitrogens with one attached hydrogen (secondary N) is 1. The van der Waals surface area contributed by atoms with E-state index in [4.69, 9.17) is 26.2 Å². The molecule has 0 radical (unpaired) electrons. The largest absolute Gasteiger partial charge is 0.613 e. The molecule has 3 heterocycles. The zero-order valence-electron chi connectivity index (χ0n) is 17.6. The number of anilines is 1. The fourth-order valence-electron chi connectivity index (χ4n) is 3.08. The summed E-state index contributed by atoms with van der Waals surface area (Å²) in [5.41, 5.74) is 4.22. The number of rotatable bonds is 8. The van der Waals surface area contributed by atoms with Gasteiger partial charge in [0, 0.05) is 6.42 Å². The summed E-state index contributed by atoms with van der Waals surface area (Å²) in [5.74, 6) is 1.59. The Bertz CT molecular complexity index is 1070. The molecule has 1 aliphatic rings. The van der Waals surface area contributed by atoms with Crippen molar-refractivity contribution in [1.29, 1.82) is 0 Å². The van der Waals surface area contributed by atoms with Gasteiger partial charge in [0.25, 0.3) is 0 Å². The van der Waals surface area contributed by atoms with Crippen LogP contribution in [0.15, 0.2) is 6.33 Å². The molecule has 3 rings (SSSR count). The van der Waals surface area contributed by atoms with Crippen LogP contribution < -0.4 is 10.8 Å². The number of imidazole rings is 1. The van der Waals surface area contributed by atoms with E-state index in [1.807, 2.05) is 0 Å². The van der Waals surface area contributed by atoms with Crippen LogP contribution in [0.1, 0.15) is 33.4 Å². The van der Waals surface area contributed by atoms with Crippen LogP contribution in [0.2, 0.25) is 0 Å². The quantitative estimate of drug-likeness (QED) is 0.217. The molecule has 0 spiro atoms. The van der Waals surface area contributed by atoms with Crippen LogP contribution in [0, 0.1) is 18.4 Å². The van der Waals surface area contributed by atoms with Crippen molar-refractivity contribution in [3.8, 4) is 12.3 Å². The lowest BCUT2D eigenvalue weighted by molar-refractivity contribution is -0.149. The van der Waals surface area contributed by atoms with E-state index in [1.54, 1.807) is 13.8 Å². The number of carbonyl (C=O) groups excluding carboxylic acids is 1. The van der Waals surface area contributed by atoms with E-state index in [-0.39, 0.29) is 29.5 Å². The molecule has 0 aliphatic carbocycles. The molecule has 2 aromatic heterocycles. The predicted molar refractivity (Wildman–Crippen MR) is 109 cm³/mol. The molecule has 1 aliphatic heterocycles. The first kappa shape index (κ1) is 23.9. The molecule has 1 fully saturated rings.